The molecule has 0 spiro atoms. The lowest BCUT2D eigenvalue weighted by Gasteiger charge is -2.38. The van der Waals surface area contributed by atoms with Gasteiger partial charge in [-0.3, -0.25) is 4.18 Å². The van der Waals surface area contributed by atoms with Crippen LogP contribution in [0.2, 0.25) is 0 Å². The van der Waals surface area contributed by atoms with Gasteiger partial charge in [-0.15, -0.1) is 0 Å². The predicted molar refractivity (Wildman–Crippen MR) is 60.3 cm³/mol. The maximum absolute atomic E-state index is 11.1. The van der Waals surface area contributed by atoms with Crippen molar-refractivity contribution in [3.05, 3.63) is 0 Å². The second-order valence-electron chi connectivity index (χ2n) is 4.77. The highest BCUT2D eigenvalue weighted by Crippen LogP contribution is 2.36. The summed E-state index contributed by atoms with van der Waals surface area (Å²) in [5, 5.41) is 0. The third-order valence-electron chi connectivity index (χ3n) is 3.26. The monoisotopic (exact) mass is 218 g/mol. The predicted octanol–water partition coefficient (Wildman–Crippen LogP) is 2.76. The molecule has 4 atom stereocenters. The molecule has 1 aliphatic rings. The molecule has 1 aliphatic carbocycles. The fraction of sp³-hybridized carbons (Fsp3) is 1.00. The van der Waals surface area contributed by atoms with Crippen LogP contribution in [0.4, 0.5) is 0 Å². The number of hydrogen-bond donors (Lipinski definition) is 0. The van der Waals surface area contributed by atoms with Crippen molar-refractivity contribution in [2.24, 2.45) is 17.8 Å². The minimum atomic E-state index is -1.12. The smallest absolute Gasteiger partial charge is 0.152 e. The van der Waals surface area contributed by atoms with E-state index in [2.05, 4.69) is 20.8 Å². The zero-order valence-electron chi connectivity index (χ0n) is 9.66. The van der Waals surface area contributed by atoms with Crippen LogP contribution < -0.4 is 0 Å². The van der Waals surface area contributed by atoms with Crippen molar-refractivity contribution in [3.63, 3.8) is 0 Å². The lowest BCUT2D eigenvalue weighted by atomic mass is 9.73. The topological polar surface area (TPSA) is 26.3 Å². The minimum Gasteiger partial charge on any atom is -0.287 e. The third kappa shape index (κ3) is 3.06. The number of rotatable bonds is 3. The maximum atomic E-state index is 11.1. The van der Waals surface area contributed by atoms with Gasteiger partial charge in [-0.1, -0.05) is 33.6 Å². The Morgan fingerprint density at radius 3 is 2.50 bits per heavy atom. The molecule has 1 rings (SSSR count). The Morgan fingerprint density at radius 2 is 2.00 bits per heavy atom. The molecule has 84 valence electrons. The van der Waals surface area contributed by atoms with Gasteiger partial charge >= 0.3 is 0 Å². The molecule has 0 aromatic heterocycles. The average molecular weight is 218 g/mol. The van der Waals surface area contributed by atoms with Gasteiger partial charge in [-0.25, -0.2) is 4.21 Å². The van der Waals surface area contributed by atoms with E-state index in [1.807, 2.05) is 0 Å². The van der Waals surface area contributed by atoms with Gasteiger partial charge in [0.05, 0.1) is 6.10 Å². The molecule has 0 bridgehead atoms. The summed E-state index contributed by atoms with van der Waals surface area (Å²) in [5.74, 6) is 1.91. The first-order chi connectivity index (χ1) is 6.52. The standard InChI is InChI=1S/C11H22O2S/c1-8(2)11-9(3)6-5-7-10(11)13-14(4)12/h8-11H,5-7H2,1-4H3/t9-,10?,11+,14?/m1/s1. The molecular formula is C11H22O2S. The van der Waals surface area contributed by atoms with Crippen LogP contribution in [-0.4, -0.2) is 16.6 Å². The highest BCUT2D eigenvalue weighted by atomic mass is 32.2. The Morgan fingerprint density at radius 1 is 1.36 bits per heavy atom. The van der Waals surface area contributed by atoms with E-state index in [1.54, 1.807) is 6.26 Å². The summed E-state index contributed by atoms with van der Waals surface area (Å²) in [6, 6.07) is 0. The van der Waals surface area contributed by atoms with Crippen LogP contribution in [0.5, 0.6) is 0 Å². The largest absolute Gasteiger partial charge is 0.287 e. The summed E-state index contributed by atoms with van der Waals surface area (Å²) < 4.78 is 16.6. The van der Waals surface area contributed by atoms with Gasteiger partial charge in [-0.05, 0) is 24.2 Å². The van der Waals surface area contributed by atoms with Crippen molar-refractivity contribution in [1.29, 1.82) is 0 Å². The average Bonchev–Trinajstić information content (AvgIpc) is 2.01. The van der Waals surface area contributed by atoms with E-state index < -0.39 is 11.1 Å². The molecule has 0 heterocycles. The fourth-order valence-electron chi connectivity index (χ4n) is 2.77. The SMILES string of the molecule is CC(C)[C@@H]1C(OS(C)=O)CCC[C@H]1C. The Kier molecular flexibility index (Phi) is 4.58. The zero-order chi connectivity index (χ0) is 10.7. The molecule has 0 aromatic carbocycles. The summed E-state index contributed by atoms with van der Waals surface area (Å²) in [5.41, 5.74) is 0. The normalized spacial score (nSPS) is 35.9. The maximum Gasteiger partial charge on any atom is 0.152 e. The van der Waals surface area contributed by atoms with Gasteiger partial charge in [0.2, 0.25) is 0 Å². The first-order valence-corrected chi connectivity index (χ1v) is 7.01. The molecule has 1 fully saturated rings. The van der Waals surface area contributed by atoms with Crippen LogP contribution >= 0.6 is 0 Å². The van der Waals surface area contributed by atoms with Crippen molar-refractivity contribution >= 4 is 11.1 Å². The summed E-state index contributed by atoms with van der Waals surface area (Å²) >= 11 is -1.12. The second kappa shape index (κ2) is 5.26. The van der Waals surface area contributed by atoms with E-state index in [9.17, 15) is 4.21 Å². The van der Waals surface area contributed by atoms with E-state index in [1.165, 1.54) is 12.8 Å². The van der Waals surface area contributed by atoms with Gasteiger partial charge in [0, 0.05) is 6.26 Å². The lowest BCUT2D eigenvalue weighted by Crippen LogP contribution is -2.36. The van der Waals surface area contributed by atoms with Gasteiger partial charge < -0.3 is 0 Å². The van der Waals surface area contributed by atoms with Crippen LogP contribution in [0.1, 0.15) is 40.0 Å². The minimum absolute atomic E-state index is 0.213. The number of hydrogen-bond acceptors (Lipinski definition) is 2. The molecule has 0 radical (unpaired) electrons. The van der Waals surface area contributed by atoms with E-state index in [4.69, 9.17) is 4.18 Å². The van der Waals surface area contributed by atoms with Crippen LogP contribution in [0.15, 0.2) is 0 Å². The fourth-order valence-corrected chi connectivity index (χ4v) is 3.34. The first kappa shape index (κ1) is 12.2. The van der Waals surface area contributed by atoms with Gasteiger partial charge in [-0.2, -0.15) is 0 Å². The van der Waals surface area contributed by atoms with Gasteiger partial charge in [0.25, 0.3) is 0 Å². The Labute approximate surface area is 90.1 Å². The molecule has 2 nitrogen and oxygen atoms in total. The quantitative estimate of drug-likeness (QED) is 0.728. The van der Waals surface area contributed by atoms with Gasteiger partial charge in [0.15, 0.2) is 11.1 Å². The molecule has 0 aliphatic heterocycles. The molecule has 1 saturated carbocycles. The third-order valence-corrected chi connectivity index (χ3v) is 3.78. The van der Waals surface area contributed by atoms with Crippen molar-refractivity contribution < 1.29 is 8.39 Å². The zero-order valence-corrected chi connectivity index (χ0v) is 10.5. The van der Waals surface area contributed by atoms with Crippen LogP contribution in [-0.2, 0) is 15.3 Å². The molecule has 2 unspecified atom stereocenters. The summed E-state index contributed by atoms with van der Waals surface area (Å²) in [4.78, 5) is 0. The highest BCUT2D eigenvalue weighted by molar-refractivity contribution is 7.79. The lowest BCUT2D eigenvalue weighted by molar-refractivity contribution is 0.0414. The van der Waals surface area contributed by atoms with E-state index in [0.29, 0.717) is 17.8 Å². The Balaban J connectivity index is 2.64. The summed E-state index contributed by atoms with van der Waals surface area (Å²) in [6.45, 7) is 6.77. The van der Waals surface area contributed by atoms with E-state index in [0.717, 1.165) is 6.42 Å². The Bertz CT molecular complexity index is 203. The van der Waals surface area contributed by atoms with Gasteiger partial charge in [0.1, 0.15) is 0 Å². The van der Waals surface area contributed by atoms with Crippen LogP contribution in [0.25, 0.3) is 0 Å². The van der Waals surface area contributed by atoms with Crippen molar-refractivity contribution in [1.82, 2.24) is 0 Å². The van der Waals surface area contributed by atoms with E-state index >= 15 is 0 Å². The van der Waals surface area contributed by atoms with Crippen molar-refractivity contribution in [3.8, 4) is 0 Å². The van der Waals surface area contributed by atoms with Crippen LogP contribution in [0.3, 0.4) is 0 Å². The summed E-state index contributed by atoms with van der Waals surface area (Å²) in [7, 11) is 0. The highest BCUT2D eigenvalue weighted by Gasteiger charge is 2.34. The molecule has 0 N–H and O–H groups in total. The summed E-state index contributed by atoms with van der Waals surface area (Å²) in [6.07, 6.45) is 5.42. The molecule has 14 heavy (non-hydrogen) atoms. The molecule has 0 aromatic rings. The van der Waals surface area contributed by atoms with Crippen molar-refractivity contribution in [2.75, 3.05) is 6.26 Å². The van der Waals surface area contributed by atoms with Crippen molar-refractivity contribution in [2.45, 2.75) is 46.1 Å². The molecule has 0 amide bonds. The molecular weight excluding hydrogens is 196 g/mol. The molecule has 3 heteroatoms. The molecule has 0 saturated heterocycles. The first-order valence-electron chi connectivity index (χ1n) is 5.53. The second-order valence-corrected chi connectivity index (χ2v) is 5.76. The van der Waals surface area contributed by atoms with E-state index in [-0.39, 0.29) is 6.10 Å². The van der Waals surface area contributed by atoms with Crippen LogP contribution in [0, 0.1) is 17.8 Å². The Hall–Kier alpha value is 0.110.